The first-order chi connectivity index (χ1) is 8.56. The topological polar surface area (TPSA) is 57.5 Å². The third-order valence-electron chi connectivity index (χ3n) is 2.47. The zero-order valence-corrected chi connectivity index (χ0v) is 10.9. The summed E-state index contributed by atoms with van der Waals surface area (Å²) in [5.41, 5.74) is 0. The van der Waals surface area contributed by atoms with Crippen LogP contribution in [-0.2, 0) is 4.79 Å². The summed E-state index contributed by atoms with van der Waals surface area (Å²) in [6.45, 7) is 0. The van der Waals surface area contributed by atoms with Crippen molar-refractivity contribution in [1.82, 2.24) is 0 Å². The summed E-state index contributed by atoms with van der Waals surface area (Å²) in [4.78, 5) is 11.4. The lowest BCUT2D eigenvalue weighted by Crippen LogP contribution is -2.21. The highest BCUT2D eigenvalue weighted by atomic mass is 35.5. The highest BCUT2D eigenvalue weighted by Gasteiger charge is 2.13. The quantitative estimate of drug-likeness (QED) is 0.847. The maximum absolute atomic E-state index is 10.5. The number of aliphatic hydroxyl groups excluding tert-OH is 1. The lowest BCUT2D eigenvalue weighted by atomic mass is 10.1. The Hall–Kier alpha value is -1.23. The minimum Gasteiger partial charge on any atom is -0.479 e. The van der Waals surface area contributed by atoms with Gasteiger partial charge in [0.15, 0.2) is 6.10 Å². The zero-order chi connectivity index (χ0) is 13.1. The monoisotopic (exact) mass is 282 g/mol. The maximum atomic E-state index is 10.5. The molecule has 0 aromatic heterocycles. The van der Waals surface area contributed by atoms with Crippen molar-refractivity contribution in [3.05, 3.63) is 41.4 Å². The van der Waals surface area contributed by atoms with Gasteiger partial charge in [-0.2, -0.15) is 0 Å². The predicted molar refractivity (Wildman–Crippen MR) is 73.3 cm³/mol. The van der Waals surface area contributed by atoms with Gasteiger partial charge in [-0.1, -0.05) is 23.7 Å². The molecule has 0 radical (unpaired) electrons. The van der Waals surface area contributed by atoms with Crippen molar-refractivity contribution in [3.63, 3.8) is 0 Å². The molecule has 0 aliphatic carbocycles. The van der Waals surface area contributed by atoms with Gasteiger partial charge in [-0.15, -0.1) is 11.8 Å². The Morgan fingerprint density at radius 3 is 2.61 bits per heavy atom. The second-order valence-corrected chi connectivity index (χ2v) is 5.35. The molecule has 94 valence electrons. The van der Waals surface area contributed by atoms with Crippen LogP contribution in [0.15, 0.2) is 41.3 Å². The van der Waals surface area contributed by atoms with Crippen LogP contribution in [0.1, 0.15) is 0 Å². The van der Waals surface area contributed by atoms with Gasteiger partial charge < -0.3 is 10.2 Å². The number of benzene rings is 2. The van der Waals surface area contributed by atoms with Crippen LogP contribution in [0.4, 0.5) is 0 Å². The summed E-state index contributed by atoms with van der Waals surface area (Å²) in [6, 6.07) is 11.4. The van der Waals surface area contributed by atoms with E-state index in [1.165, 1.54) is 11.8 Å². The molecule has 0 bridgehead atoms. The van der Waals surface area contributed by atoms with E-state index in [4.69, 9.17) is 16.7 Å². The zero-order valence-electron chi connectivity index (χ0n) is 9.34. The van der Waals surface area contributed by atoms with Crippen molar-refractivity contribution >= 4 is 40.1 Å². The van der Waals surface area contributed by atoms with Gasteiger partial charge in [0, 0.05) is 15.7 Å². The summed E-state index contributed by atoms with van der Waals surface area (Å²) in [7, 11) is 0. The van der Waals surface area contributed by atoms with Gasteiger partial charge in [-0.3, -0.25) is 0 Å². The number of carboxylic acids is 1. The molecule has 2 aromatic rings. The van der Waals surface area contributed by atoms with Gasteiger partial charge in [0.25, 0.3) is 0 Å². The fourth-order valence-electron chi connectivity index (χ4n) is 1.53. The number of carboxylic acid groups (broad SMARTS) is 1. The standard InChI is InChI=1S/C13H11ClO3S/c14-10-3-1-9-6-11(4-2-8(9)5-10)18-7-12(15)13(16)17/h1-6,12,15H,7H2,(H,16,17)/t12-/m0/s1. The van der Waals surface area contributed by atoms with E-state index in [-0.39, 0.29) is 5.75 Å². The second kappa shape index (κ2) is 5.61. The first kappa shape index (κ1) is 13.2. The number of carbonyl (C=O) groups is 1. The van der Waals surface area contributed by atoms with Crippen LogP contribution in [0.3, 0.4) is 0 Å². The second-order valence-electron chi connectivity index (χ2n) is 3.82. The molecule has 0 fully saturated rings. The van der Waals surface area contributed by atoms with Gasteiger partial charge in [-0.05, 0) is 35.0 Å². The molecule has 0 saturated carbocycles. The number of aliphatic carboxylic acids is 1. The van der Waals surface area contributed by atoms with E-state index in [2.05, 4.69) is 0 Å². The van der Waals surface area contributed by atoms with Crippen LogP contribution in [0.2, 0.25) is 5.02 Å². The predicted octanol–water partition coefficient (Wildman–Crippen LogP) is 3.03. The van der Waals surface area contributed by atoms with Crippen molar-refractivity contribution < 1.29 is 15.0 Å². The van der Waals surface area contributed by atoms with Crippen LogP contribution >= 0.6 is 23.4 Å². The molecule has 0 aliphatic heterocycles. The molecule has 2 N–H and O–H groups in total. The van der Waals surface area contributed by atoms with E-state index in [0.29, 0.717) is 5.02 Å². The Bertz CT molecular complexity index is 585. The lowest BCUT2D eigenvalue weighted by molar-refractivity contribution is -0.145. The minimum absolute atomic E-state index is 0.133. The Balaban J connectivity index is 2.15. The highest BCUT2D eigenvalue weighted by Crippen LogP contribution is 2.26. The highest BCUT2D eigenvalue weighted by molar-refractivity contribution is 7.99. The molecule has 0 saturated heterocycles. The van der Waals surface area contributed by atoms with E-state index in [1.54, 1.807) is 0 Å². The SMILES string of the molecule is O=C(O)[C@@H](O)CSc1ccc2cc(Cl)ccc2c1. The smallest absolute Gasteiger partial charge is 0.333 e. The third-order valence-corrected chi connectivity index (χ3v) is 3.77. The van der Waals surface area contributed by atoms with E-state index in [9.17, 15) is 9.90 Å². The molecule has 5 heteroatoms. The Morgan fingerprint density at radius 1 is 1.22 bits per heavy atom. The van der Waals surface area contributed by atoms with E-state index in [0.717, 1.165) is 15.7 Å². The third kappa shape index (κ3) is 3.16. The molecule has 0 aliphatic rings. The number of hydrogen-bond donors (Lipinski definition) is 2. The fraction of sp³-hybridized carbons (Fsp3) is 0.154. The molecule has 2 aromatic carbocycles. The fourth-order valence-corrected chi connectivity index (χ4v) is 2.58. The van der Waals surface area contributed by atoms with E-state index < -0.39 is 12.1 Å². The average Bonchev–Trinajstić information content (AvgIpc) is 2.35. The van der Waals surface area contributed by atoms with Crippen molar-refractivity contribution in [2.45, 2.75) is 11.0 Å². The Kier molecular flexibility index (Phi) is 4.11. The summed E-state index contributed by atoms with van der Waals surface area (Å²) >= 11 is 7.20. The van der Waals surface area contributed by atoms with Crippen molar-refractivity contribution in [1.29, 1.82) is 0 Å². The average molecular weight is 283 g/mol. The summed E-state index contributed by atoms with van der Waals surface area (Å²) in [5.74, 6) is -1.07. The normalized spacial score (nSPS) is 12.6. The summed E-state index contributed by atoms with van der Waals surface area (Å²) < 4.78 is 0. The van der Waals surface area contributed by atoms with Crippen molar-refractivity contribution in [3.8, 4) is 0 Å². The molecule has 0 heterocycles. The number of thioether (sulfide) groups is 1. The Morgan fingerprint density at radius 2 is 1.89 bits per heavy atom. The van der Waals surface area contributed by atoms with Gasteiger partial charge in [0.2, 0.25) is 0 Å². The minimum atomic E-state index is -1.34. The van der Waals surface area contributed by atoms with Crippen LogP contribution < -0.4 is 0 Å². The molecule has 0 unspecified atom stereocenters. The molecule has 3 nitrogen and oxygen atoms in total. The molecular formula is C13H11ClO3S. The van der Waals surface area contributed by atoms with Gasteiger partial charge >= 0.3 is 5.97 Å². The van der Waals surface area contributed by atoms with Crippen LogP contribution in [-0.4, -0.2) is 28.0 Å². The largest absolute Gasteiger partial charge is 0.479 e. The first-order valence-corrected chi connectivity index (χ1v) is 6.65. The molecule has 0 amide bonds. The number of hydrogen-bond acceptors (Lipinski definition) is 3. The Labute approximate surface area is 113 Å². The van der Waals surface area contributed by atoms with Gasteiger partial charge in [0.05, 0.1) is 0 Å². The molecule has 18 heavy (non-hydrogen) atoms. The van der Waals surface area contributed by atoms with Crippen molar-refractivity contribution in [2.24, 2.45) is 0 Å². The van der Waals surface area contributed by atoms with Crippen LogP contribution in [0.5, 0.6) is 0 Å². The van der Waals surface area contributed by atoms with Gasteiger partial charge in [0.1, 0.15) is 0 Å². The van der Waals surface area contributed by atoms with Crippen LogP contribution in [0.25, 0.3) is 10.8 Å². The summed E-state index contributed by atoms with van der Waals surface area (Å²) in [6.07, 6.45) is -1.34. The van der Waals surface area contributed by atoms with E-state index in [1.807, 2.05) is 36.4 Å². The summed E-state index contributed by atoms with van der Waals surface area (Å²) in [5, 5.41) is 20.5. The first-order valence-electron chi connectivity index (χ1n) is 5.29. The van der Waals surface area contributed by atoms with E-state index >= 15 is 0 Å². The number of rotatable bonds is 4. The molecule has 0 spiro atoms. The van der Waals surface area contributed by atoms with Crippen LogP contribution in [0, 0.1) is 0 Å². The molecule has 1 atom stereocenters. The molecule has 2 rings (SSSR count). The number of halogens is 1. The van der Waals surface area contributed by atoms with Crippen molar-refractivity contribution in [2.75, 3.05) is 5.75 Å². The number of aliphatic hydroxyl groups is 1. The molecular weight excluding hydrogens is 272 g/mol. The maximum Gasteiger partial charge on any atom is 0.333 e. The lowest BCUT2D eigenvalue weighted by Gasteiger charge is -2.06. The van der Waals surface area contributed by atoms with Gasteiger partial charge in [-0.25, -0.2) is 4.79 Å². The number of fused-ring (bicyclic) bond motifs is 1.